The summed E-state index contributed by atoms with van der Waals surface area (Å²) < 4.78 is 10.6. The predicted octanol–water partition coefficient (Wildman–Crippen LogP) is 0.990. The summed E-state index contributed by atoms with van der Waals surface area (Å²) in [6.07, 6.45) is 0. The second kappa shape index (κ2) is 4.43. The van der Waals surface area contributed by atoms with Crippen LogP contribution in [0.2, 0.25) is 0 Å². The Morgan fingerprint density at radius 2 is 1.82 bits per heavy atom. The second-order valence-electron chi connectivity index (χ2n) is 4.47. The largest absolute Gasteiger partial charge is 0.454 e. The van der Waals surface area contributed by atoms with Gasteiger partial charge < -0.3 is 19.8 Å². The smallest absolute Gasteiger partial charge is 0.231 e. The van der Waals surface area contributed by atoms with Crippen LogP contribution in [0, 0.1) is 0 Å². The molecule has 0 aromatic heterocycles. The van der Waals surface area contributed by atoms with Gasteiger partial charge in [0.2, 0.25) is 6.79 Å². The van der Waals surface area contributed by atoms with Crippen molar-refractivity contribution in [3.8, 4) is 11.5 Å². The van der Waals surface area contributed by atoms with Crippen LogP contribution in [0.5, 0.6) is 11.5 Å². The average molecular weight is 235 g/mol. The molecule has 3 rings (SSSR count). The van der Waals surface area contributed by atoms with Crippen LogP contribution < -0.4 is 14.9 Å². The van der Waals surface area contributed by atoms with Gasteiger partial charge in [-0.15, -0.1) is 0 Å². The molecule has 1 fully saturated rings. The molecule has 0 radical (unpaired) electrons. The van der Waals surface area contributed by atoms with E-state index >= 15 is 0 Å². The molecule has 2 aliphatic rings. The standard InChI is InChI=1S/C12H17N3O2/c1-14-4-6-15(7-5-14)13-10-2-3-11-12(8-10)17-9-16-11/h2-3,8,13H,4-7,9H2,1H3. The van der Waals surface area contributed by atoms with E-state index in [1.54, 1.807) is 0 Å². The average Bonchev–Trinajstić information content (AvgIpc) is 2.79. The highest BCUT2D eigenvalue weighted by molar-refractivity contribution is 5.55. The molecule has 5 nitrogen and oxygen atoms in total. The number of anilines is 1. The molecule has 1 aromatic carbocycles. The maximum Gasteiger partial charge on any atom is 0.231 e. The fourth-order valence-electron chi connectivity index (χ4n) is 2.07. The van der Waals surface area contributed by atoms with E-state index in [0.717, 1.165) is 43.4 Å². The maximum atomic E-state index is 5.36. The van der Waals surface area contributed by atoms with E-state index in [1.807, 2.05) is 18.2 Å². The third-order valence-electron chi connectivity index (χ3n) is 3.16. The minimum absolute atomic E-state index is 0.327. The molecule has 92 valence electrons. The highest BCUT2D eigenvalue weighted by Crippen LogP contribution is 2.34. The normalized spacial score (nSPS) is 20.5. The lowest BCUT2D eigenvalue weighted by Crippen LogP contribution is -2.46. The highest BCUT2D eigenvalue weighted by Gasteiger charge is 2.16. The van der Waals surface area contributed by atoms with Crippen molar-refractivity contribution in [2.24, 2.45) is 0 Å². The summed E-state index contributed by atoms with van der Waals surface area (Å²) >= 11 is 0. The fourth-order valence-corrected chi connectivity index (χ4v) is 2.07. The molecular formula is C12H17N3O2. The first-order chi connectivity index (χ1) is 8.31. The van der Waals surface area contributed by atoms with Gasteiger partial charge in [-0.25, -0.2) is 5.01 Å². The summed E-state index contributed by atoms with van der Waals surface area (Å²) in [6.45, 7) is 4.58. The molecule has 0 saturated carbocycles. The van der Waals surface area contributed by atoms with E-state index in [4.69, 9.17) is 9.47 Å². The molecule has 0 aliphatic carbocycles. The number of piperazine rings is 1. The first kappa shape index (κ1) is 10.7. The molecule has 0 unspecified atom stereocenters. The third-order valence-corrected chi connectivity index (χ3v) is 3.16. The highest BCUT2D eigenvalue weighted by atomic mass is 16.7. The molecular weight excluding hydrogens is 218 g/mol. The Kier molecular flexibility index (Phi) is 2.78. The maximum absolute atomic E-state index is 5.36. The Morgan fingerprint density at radius 1 is 1.06 bits per heavy atom. The van der Waals surface area contributed by atoms with Crippen molar-refractivity contribution in [1.29, 1.82) is 0 Å². The van der Waals surface area contributed by atoms with Gasteiger partial charge in [-0.2, -0.15) is 0 Å². The number of hydrazine groups is 1. The number of nitrogens with zero attached hydrogens (tertiary/aromatic N) is 2. The number of likely N-dealkylation sites (N-methyl/N-ethyl adjacent to an activating group) is 1. The number of nitrogens with one attached hydrogen (secondary N) is 1. The zero-order valence-electron chi connectivity index (χ0n) is 9.98. The summed E-state index contributed by atoms with van der Waals surface area (Å²) in [5, 5.41) is 2.23. The Bertz CT molecular complexity index is 403. The Hall–Kier alpha value is -1.46. The topological polar surface area (TPSA) is 37.0 Å². The third kappa shape index (κ3) is 2.30. The zero-order valence-corrected chi connectivity index (χ0v) is 9.98. The first-order valence-electron chi connectivity index (χ1n) is 5.91. The second-order valence-corrected chi connectivity index (χ2v) is 4.47. The molecule has 0 atom stereocenters. The SMILES string of the molecule is CN1CCN(Nc2ccc3c(c2)OCO3)CC1. The van der Waals surface area contributed by atoms with E-state index in [1.165, 1.54) is 0 Å². The van der Waals surface area contributed by atoms with Gasteiger partial charge in [-0.1, -0.05) is 0 Å². The molecule has 2 aliphatic heterocycles. The molecule has 0 amide bonds. The molecule has 1 saturated heterocycles. The Labute approximate surface area is 101 Å². The van der Waals surface area contributed by atoms with Gasteiger partial charge in [0.05, 0.1) is 5.69 Å². The summed E-state index contributed by atoms with van der Waals surface area (Å²) in [6, 6.07) is 5.95. The van der Waals surface area contributed by atoms with Crippen LogP contribution >= 0.6 is 0 Å². The van der Waals surface area contributed by atoms with Crippen molar-refractivity contribution in [2.75, 3.05) is 45.4 Å². The van der Waals surface area contributed by atoms with Gasteiger partial charge in [0.15, 0.2) is 11.5 Å². The summed E-state index contributed by atoms with van der Waals surface area (Å²) in [4.78, 5) is 2.33. The Morgan fingerprint density at radius 3 is 2.65 bits per heavy atom. The lowest BCUT2D eigenvalue weighted by molar-refractivity contribution is 0.173. The van der Waals surface area contributed by atoms with E-state index in [0.29, 0.717) is 6.79 Å². The molecule has 0 bridgehead atoms. The lowest BCUT2D eigenvalue weighted by atomic mass is 10.3. The monoisotopic (exact) mass is 235 g/mol. The van der Waals surface area contributed by atoms with E-state index in [2.05, 4.69) is 22.4 Å². The minimum atomic E-state index is 0.327. The van der Waals surface area contributed by atoms with Crippen LogP contribution in [0.25, 0.3) is 0 Å². The van der Waals surface area contributed by atoms with Gasteiger partial charge in [0.25, 0.3) is 0 Å². The van der Waals surface area contributed by atoms with Gasteiger partial charge >= 0.3 is 0 Å². The zero-order chi connectivity index (χ0) is 11.7. The molecule has 2 heterocycles. The number of hydrogen-bond acceptors (Lipinski definition) is 5. The van der Waals surface area contributed by atoms with Crippen molar-refractivity contribution in [2.45, 2.75) is 0 Å². The molecule has 1 aromatic rings. The van der Waals surface area contributed by atoms with Gasteiger partial charge in [-0.05, 0) is 19.2 Å². The summed E-state index contributed by atoms with van der Waals surface area (Å²) in [5.74, 6) is 1.65. The van der Waals surface area contributed by atoms with Crippen LogP contribution in [0.15, 0.2) is 18.2 Å². The minimum Gasteiger partial charge on any atom is -0.454 e. The summed E-state index contributed by atoms with van der Waals surface area (Å²) in [5.41, 5.74) is 4.46. The summed E-state index contributed by atoms with van der Waals surface area (Å²) in [7, 11) is 2.15. The number of fused-ring (bicyclic) bond motifs is 1. The van der Waals surface area contributed by atoms with Crippen LogP contribution in [0.1, 0.15) is 0 Å². The number of hydrogen-bond donors (Lipinski definition) is 1. The predicted molar refractivity (Wildman–Crippen MR) is 65.3 cm³/mol. The van der Waals surface area contributed by atoms with Gasteiger partial charge in [0.1, 0.15) is 0 Å². The molecule has 17 heavy (non-hydrogen) atoms. The van der Waals surface area contributed by atoms with Crippen LogP contribution in [-0.2, 0) is 0 Å². The molecule has 0 spiro atoms. The first-order valence-corrected chi connectivity index (χ1v) is 5.91. The van der Waals surface area contributed by atoms with Crippen LogP contribution in [0.4, 0.5) is 5.69 Å². The van der Waals surface area contributed by atoms with Gasteiger partial charge in [-0.3, -0.25) is 0 Å². The van der Waals surface area contributed by atoms with E-state index < -0.39 is 0 Å². The molecule has 1 N–H and O–H groups in total. The van der Waals surface area contributed by atoms with Crippen LogP contribution in [0.3, 0.4) is 0 Å². The van der Waals surface area contributed by atoms with Crippen molar-refractivity contribution in [3.05, 3.63) is 18.2 Å². The fraction of sp³-hybridized carbons (Fsp3) is 0.500. The van der Waals surface area contributed by atoms with Crippen molar-refractivity contribution >= 4 is 5.69 Å². The van der Waals surface area contributed by atoms with Crippen molar-refractivity contribution in [3.63, 3.8) is 0 Å². The van der Waals surface area contributed by atoms with E-state index in [9.17, 15) is 0 Å². The van der Waals surface area contributed by atoms with Crippen molar-refractivity contribution < 1.29 is 9.47 Å². The van der Waals surface area contributed by atoms with Gasteiger partial charge in [0, 0.05) is 32.2 Å². The number of rotatable bonds is 2. The van der Waals surface area contributed by atoms with E-state index in [-0.39, 0.29) is 0 Å². The molecule has 5 heteroatoms. The van der Waals surface area contributed by atoms with Crippen LogP contribution in [-0.4, -0.2) is 49.9 Å². The quantitative estimate of drug-likeness (QED) is 0.827. The van der Waals surface area contributed by atoms with Crippen molar-refractivity contribution in [1.82, 2.24) is 9.91 Å². The number of benzene rings is 1. The Balaban J connectivity index is 1.65. The lowest BCUT2D eigenvalue weighted by Gasteiger charge is -2.33. The number of ether oxygens (including phenoxy) is 2.